The standard InChI is InChI=1S/C26H21F3N2O3/c1-34-25(33)13-17-2-6-18(7-3-17)19-14-21-22(30-15-19)10-11-23(21)31-24(32)12-16-4-8-20(9-5-16)26(27,28)29/h2-9,11,14-15H,10,12-13H2,1H3,(H,31,32). The van der Waals surface area contributed by atoms with E-state index in [1.165, 1.54) is 19.2 Å². The number of esters is 1. The van der Waals surface area contributed by atoms with Crippen molar-refractivity contribution in [3.63, 3.8) is 0 Å². The van der Waals surface area contributed by atoms with Crippen molar-refractivity contribution < 1.29 is 27.5 Å². The van der Waals surface area contributed by atoms with Gasteiger partial charge < -0.3 is 10.1 Å². The van der Waals surface area contributed by atoms with Crippen LogP contribution in [0.2, 0.25) is 0 Å². The predicted octanol–water partition coefficient (Wildman–Crippen LogP) is 4.74. The molecule has 0 radical (unpaired) electrons. The van der Waals surface area contributed by atoms with Crippen LogP contribution in [0.1, 0.15) is 27.9 Å². The van der Waals surface area contributed by atoms with Gasteiger partial charge in [0.15, 0.2) is 0 Å². The Labute approximate surface area is 194 Å². The van der Waals surface area contributed by atoms with E-state index in [2.05, 4.69) is 15.0 Å². The Morgan fingerprint density at radius 3 is 2.26 bits per heavy atom. The number of fused-ring (bicyclic) bond motifs is 1. The summed E-state index contributed by atoms with van der Waals surface area (Å²) in [4.78, 5) is 28.5. The Bertz CT molecular complexity index is 1250. The zero-order valence-electron chi connectivity index (χ0n) is 18.3. The van der Waals surface area contributed by atoms with E-state index in [4.69, 9.17) is 0 Å². The molecule has 0 saturated heterocycles. The number of rotatable bonds is 6. The number of pyridine rings is 1. The van der Waals surface area contributed by atoms with E-state index in [1.54, 1.807) is 6.20 Å². The maximum Gasteiger partial charge on any atom is 0.416 e. The van der Waals surface area contributed by atoms with Crippen LogP contribution in [-0.2, 0) is 39.8 Å². The molecule has 1 aromatic heterocycles. The minimum Gasteiger partial charge on any atom is -0.469 e. The molecular formula is C26H21F3N2O3. The number of halogens is 3. The van der Waals surface area contributed by atoms with Crippen molar-refractivity contribution in [1.29, 1.82) is 0 Å². The number of amides is 1. The molecule has 0 spiro atoms. The van der Waals surface area contributed by atoms with Crippen LogP contribution in [0, 0.1) is 0 Å². The van der Waals surface area contributed by atoms with E-state index in [-0.39, 0.29) is 24.7 Å². The maximum atomic E-state index is 12.7. The first-order valence-electron chi connectivity index (χ1n) is 10.5. The molecule has 174 valence electrons. The predicted molar refractivity (Wildman–Crippen MR) is 120 cm³/mol. The van der Waals surface area contributed by atoms with Gasteiger partial charge in [0.25, 0.3) is 0 Å². The van der Waals surface area contributed by atoms with E-state index in [0.717, 1.165) is 40.1 Å². The number of carbonyl (C=O) groups is 2. The summed E-state index contributed by atoms with van der Waals surface area (Å²) in [7, 11) is 1.35. The molecule has 1 amide bonds. The molecule has 1 aliphatic rings. The minimum absolute atomic E-state index is 0.0421. The van der Waals surface area contributed by atoms with Crippen LogP contribution in [0.4, 0.5) is 13.2 Å². The normalized spacial score (nSPS) is 12.6. The fourth-order valence-corrected chi connectivity index (χ4v) is 3.72. The molecule has 0 bridgehead atoms. The number of hydrogen-bond donors (Lipinski definition) is 1. The van der Waals surface area contributed by atoms with Crippen molar-refractivity contribution in [3.05, 3.63) is 94.8 Å². The molecule has 8 heteroatoms. The summed E-state index contributed by atoms with van der Waals surface area (Å²) >= 11 is 0. The molecule has 0 atom stereocenters. The van der Waals surface area contributed by atoms with E-state index in [0.29, 0.717) is 17.7 Å². The van der Waals surface area contributed by atoms with Crippen LogP contribution in [0.15, 0.2) is 66.9 Å². The van der Waals surface area contributed by atoms with Gasteiger partial charge in [0, 0.05) is 29.4 Å². The van der Waals surface area contributed by atoms with Gasteiger partial charge in [-0.25, -0.2) is 0 Å². The highest BCUT2D eigenvalue weighted by atomic mass is 19.4. The minimum atomic E-state index is -4.41. The summed E-state index contributed by atoms with van der Waals surface area (Å²) in [6.07, 6.45) is -0.0632. The summed E-state index contributed by atoms with van der Waals surface area (Å²) < 4.78 is 42.9. The summed E-state index contributed by atoms with van der Waals surface area (Å²) in [6.45, 7) is 0. The third-order valence-electron chi connectivity index (χ3n) is 5.54. The number of nitrogens with one attached hydrogen (secondary N) is 1. The summed E-state index contributed by atoms with van der Waals surface area (Å²) in [5.41, 5.74) is 4.60. The van der Waals surface area contributed by atoms with Crippen molar-refractivity contribution >= 4 is 17.6 Å². The van der Waals surface area contributed by atoms with E-state index >= 15 is 0 Å². The third kappa shape index (κ3) is 5.33. The van der Waals surface area contributed by atoms with Crippen LogP contribution in [-0.4, -0.2) is 24.0 Å². The van der Waals surface area contributed by atoms with Crippen molar-refractivity contribution in [2.45, 2.75) is 25.4 Å². The van der Waals surface area contributed by atoms with Gasteiger partial charge in [0.1, 0.15) is 0 Å². The number of alkyl halides is 3. The lowest BCUT2D eigenvalue weighted by Gasteiger charge is -2.11. The van der Waals surface area contributed by atoms with Crippen molar-refractivity contribution in [2.75, 3.05) is 7.11 Å². The Kier molecular flexibility index (Phi) is 6.49. The molecule has 0 aliphatic heterocycles. The Morgan fingerprint density at radius 1 is 0.971 bits per heavy atom. The first-order valence-corrected chi connectivity index (χ1v) is 10.5. The first kappa shape index (κ1) is 23.2. The second-order valence-electron chi connectivity index (χ2n) is 7.91. The van der Waals surface area contributed by atoms with Gasteiger partial charge in [-0.05, 0) is 34.9 Å². The highest BCUT2D eigenvalue weighted by Crippen LogP contribution is 2.30. The lowest BCUT2D eigenvalue weighted by Crippen LogP contribution is -2.23. The topological polar surface area (TPSA) is 68.3 Å². The molecule has 0 unspecified atom stereocenters. The Morgan fingerprint density at radius 2 is 1.62 bits per heavy atom. The smallest absolute Gasteiger partial charge is 0.416 e. The summed E-state index contributed by atoms with van der Waals surface area (Å²) in [6, 6.07) is 14.0. The van der Waals surface area contributed by atoms with Crippen LogP contribution < -0.4 is 5.32 Å². The first-order chi connectivity index (χ1) is 16.2. The zero-order chi connectivity index (χ0) is 24.3. The number of allylic oxidation sites excluding steroid dienone is 1. The summed E-state index contributed by atoms with van der Waals surface area (Å²) in [5, 5.41) is 2.85. The Hall–Kier alpha value is -3.94. The molecule has 5 nitrogen and oxygen atoms in total. The second-order valence-corrected chi connectivity index (χ2v) is 7.91. The van der Waals surface area contributed by atoms with Crippen molar-refractivity contribution in [1.82, 2.24) is 10.3 Å². The number of methoxy groups -OCH3 is 1. The third-order valence-corrected chi connectivity index (χ3v) is 5.54. The molecule has 1 aliphatic carbocycles. The van der Waals surface area contributed by atoms with Crippen molar-refractivity contribution in [3.8, 4) is 11.1 Å². The molecule has 1 N–H and O–H groups in total. The summed E-state index contributed by atoms with van der Waals surface area (Å²) in [5.74, 6) is -0.634. The van der Waals surface area contributed by atoms with Crippen LogP contribution >= 0.6 is 0 Å². The van der Waals surface area contributed by atoms with Gasteiger partial charge in [-0.15, -0.1) is 0 Å². The zero-order valence-corrected chi connectivity index (χ0v) is 18.3. The molecule has 0 saturated carbocycles. The number of nitrogens with zero attached hydrogens (tertiary/aromatic N) is 1. The average Bonchev–Trinajstić information content (AvgIpc) is 3.21. The van der Waals surface area contributed by atoms with Gasteiger partial charge in [-0.2, -0.15) is 13.2 Å². The highest BCUT2D eigenvalue weighted by molar-refractivity contribution is 5.90. The van der Waals surface area contributed by atoms with Gasteiger partial charge >= 0.3 is 12.1 Å². The van der Waals surface area contributed by atoms with E-state index in [1.807, 2.05) is 36.4 Å². The number of carbonyl (C=O) groups excluding carboxylic acids is 2. The fraction of sp³-hybridized carbons (Fsp3) is 0.192. The molecule has 34 heavy (non-hydrogen) atoms. The quantitative estimate of drug-likeness (QED) is 0.533. The SMILES string of the molecule is COC(=O)Cc1ccc(-c2cnc3c(c2)C(NC(=O)Cc2ccc(C(F)(F)F)cc2)=CC3)cc1. The molecule has 0 fully saturated rings. The van der Waals surface area contributed by atoms with Crippen LogP contribution in [0.5, 0.6) is 0 Å². The second kappa shape index (κ2) is 9.51. The van der Waals surface area contributed by atoms with Crippen molar-refractivity contribution in [2.24, 2.45) is 0 Å². The lowest BCUT2D eigenvalue weighted by atomic mass is 10.0. The molecule has 3 aromatic rings. The Balaban J connectivity index is 1.44. The van der Waals surface area contributed by atoms with Gasteiger partial charge in [0.05, 0.1) is 31.2 Å². The largest absolute Gasteiger partial charge is 0.469 e. The van der Waals surface area contributed by atoms with Gasteiger partial charge in [0.2, 0.25) is 5.91 Å². The maximum absolute atomic E-state index is 12.7. The van der Waals surface area contributed by atoms with Crippen LogP contribution in [0.25, 0.3) is 16.8 Å². The average molecular weight is 466 g/mol. The number of hydrogen-bond acceptors (Lipinski definition) is 4. The molecule has 1 heterocycles. The van der Waals surface area contributed by atoms with Gasteiger partial charge in [-0.1, -0.05) is 42.5 Å². The fourth-order valence-electron chi connectivity index (χ4n) is 3.72. The van der Waals surface area contributed by atoms with Crippen LogP contribution in [0.3, 0.4) is 0 Å². The lowest BCUT2D eigenvalue weighted by molar-refractivity contribution is -0.140. The van der Waals surface area contributed by atoms with Gasteiger partial charge in [-0.3, -0.25) is 14.6 Å². The molecular weight excluding hydrogens is 445 g/mol. The number of aromatic nitrogens is 1. The highest BCUT2D eigenvalue weighted by Gasteiger charge is 2.30. The number of benzene rings is 2. The molecule has 4 rings (SSSR count). The van der Waals surface area contributed by atoms with E-state index in [9.17, 15) is 22.8 Å². The molecule has 2 aromatic carbocycles. The van der Waals surface area contributed by atoms with E-state index < -0.39 is 11.7 Å². The number of ether oxygens (including phenoxy) is 1. The monoisotopic (exact) mass is 466 g/mol.